The highest BCUT2D eigenvalue weighted by molar-refractivity contribution is 5.88. The number of carbonyl (C=O) groups excluding carboxylic acids is 2. The quantitative estimate of drug-likeness (QED) is 0.867. The maximum atomic E-state index is 13.8. The number of nitrogens with one attached hydrogen (secondary N) is 1. The number of para-hydroxylation sites is 1. The third kappa shape index (κ3) is 3.36. The summed E-state index contributed by atoms with van der Waals surface area (Å²) >= 11 is 0. The summed E-state index contributed by atoms with van der Waals surface area (Å²) in [6.07, 6.45) is 2.43. The maximum Gasteiger partial charge on any atom is 0.242 e. The maximum absolute atomic E-state index is 13.8. The molecule has 1 N–H and O–H groups in total. The summed E-state index contributed by atoms with van der Waals surface area (Å²) in [5.74, 6) is 0.281. The monoisotopic (exact) mass is 346 g/mol. The number of fused-ring (bicyclic) bond motifs is 1. The Bertz CT molecular complexity index is 802. The van der Waals surface area contributed by atoms with Crippen molar-refractivity contribution >= 4 is 22.8 Å². The lowest BCUT2D eigenvalue weighted by atomic mass is 10.2. The highest BCUT2D eigenvalue weighted by Crippen LogP contribution is 2.18. The summed E-state index contributed by atoms with van der Waals surface area (Å²) in [5, 5.41) is 2.89. The third-order valence-corrected chi connectivity index (χ3v) is 4.78. The molecule has 0 aliphatic carbocycles. The van der Waals surface area contributed by atoms with Crippen LogP contribution >= 0.6 is 0 Å². The van der Waals surface area contributed by atoms with Crippen LogP contribution in [-0.2, 0) is 23.1 Å². The van der Waals surface area contributed by atoms with Crippen molar-refractivity contribution in [3.05, 3.63) is 29.8 Å². The first kappa shape index (κ1) is 17.4. The average Bonchev–Trinajstić information content (AvgIpc) is 3.14. The lowest BCUT2D eigenvalue weighted by Crippen LogP contribution is -2.47. The first-order chi connectivity index (χ1) is 12.0. The molecule has 1 atom stereocenters. The molecule has 1 aliphatic heterocycles. The Morgan fingerprint density at radius 3 is 2.88 bits per heavy atom. The number of amides is 2. The molecule has 2 amide bonds. The third-order valence-electron chi connectivity index (χ3n) is 4.78. The molecule has 0 spiro atoms. The van der Waals surface area contributed by atoms with Crippen LogP contribution in [0, 0.1) is 5.82 Å². The average molecular weight is 346 g/mol. The largest absolute Gasteiger partial charge is 0.354 e. The van der Waals surface area contributed by atoms with Gasteiger partial charge >= 0.3 is 0 Å². The number of likely N-dealkylation sites (tertiary alicyclic amines) is 1. The van der Waals surface area contributed by atoms with E-state index in [0.717, 1.165) is 11.9 Å². The summed E-state index contributed by atoms with van der Waals surface area (Å²) in [4.78, 5) is 30.3. The van der Waals surface area contributed by atoms with Gasteiger partial charge in [-0.25, -0.2) is 9.37 Å². The zero-order chi connectivity index (χ0) is 18.0. The Kier molecular flexibility index (Phi) is 5.01. The molecule has 0 bridgehead atoms. The van der Waals surface area contributed by atoms with Gasteiger partial charge in [0.2, 0.25) is 11.8 Å². The van der Waals surface area contributed by atoms with Crippen LogP contribution in [0.4, 0.5) is 4.39 Å². The van der Waals surface area contributed by atoms with Gasteiger partial charge in [-0.3, -0.25) is 9.59 Å². The number of hydrogen-bond acceptors (Lipinski definition) is 3. The van der Waals surface area contributed by atoms with Crippen LogP contribution in [-0.4, -0.2) is 45.4 Å². The lowest BCUT2D eigenvalue weighted by molar-refractivity contribution is -0.137. The van der Waals surface area contributed by atoms with Crippen molar-refractivity contribution in [2.75, 3.05) is 13.1 Å². The zero-order valence-electron chi connectivity index (χ0n) is 14.6. The molecule has 1 aliphatic rings. The van der Waals surface area contributed by atoms with E-state index in [1.165, 1.54) is 6.07 Å². The zero-order valence-corrected chi connectivity index (χ0v) is 14.6. The van der Waals surface area contributed by atoms with Crippen LogP contribution in [0.3, 0.4) is 0 Å². The van der Waals surface area contributed by atoms with Gasteiger partial charge in [0, 0.05) is 33.0 Å². The van der Waals surface area contributed by atoms with Crippen molar-refractivity contribution < 1.29 is 14.0 Å². The van der Waals surface area contributed by atoms with Crippen molar-refractivity contribution in [3.8, 4) is 0 Å². The molecule has 2 aromatic rings. The Morgan fingerprint density at radius 1 is 1.44 bits per heavy atom. The fourth-order valence-corrected chi connectivity index (χ4v) is 3.41. The van der Waals surface area contributed by atoms with Gasteiger partial charge in [-0.1, -0.05) is 13.0 Å². The lowest BCUT2D eigenvalue weighted by Gasteiger charge is -2.25. The summed E-state index contributed by atoms with van der Waals surface area (Å²) in [7, 11) is 1.84. The summed E-state index contributed by atoms with van der Waals surface area (Å²) in [6, 6.07) is 4.45. The van der Waals surface area contributed by atoms with Crippen LogP contribution in [0.15, 0.2) is 18.2 Å². The molecular formula is C18H23FN4O2. The second kappa shape index (κ2) is 7.21. The van der Waals surface area contributed by atoms with E-state index in [1.807, 2.05) is 24.6 Å². The number of carbonyl (C=O) groups is 2. The number of benzene rings is 1. The van der Waals surface area contributed by atoms with Crippen molar-refractivity contribution in [2.24, 2.45) is 7.05 Å². The fraction of sp³-hybridized carbons (Fsp3) is 0.500. The predicted molar refractivity (Wildman–Crippen MR) is 92.4 cm³/mol. The van der Waals surface area contributed by atoms with Gasteiger partial charge in [-0.05, 0) is 25.0 Å². The van der Waals surface area contributed by atoms with E-state index in [-0.39, 0.29) is 17.6 Å². The number of nitrogens with zero attached hydrogens (tertiary/aromatic N) is 3. The van der Waals surface area contributed by atoms with Crippen molar-refractivity contribution in [2.45, 2.75) is 38.6 Å². The minimum atomic E-state index is -0.409. The number of imidazole rings is 1. The fourth-order valence-electron chi connectivity index (χ4n) is 3.41. The molecule has 3 rings (SSSR count). The van der Waals surface area contributed by atoms with E-state index in [2.05, 4.69) is 10.3 Å². The molecule has 6 nitrogen and oxygen atoms in total. The number of halogens is 1. The smallest absolute Gasteiger partial charge is 0.242 e. The van der Waals surface area contributed by atoms with Crippen LogP contribution < -0.4 is 5.32 Å². The molecule has 1 fully saturated rings. The van der Waals surface area contributed by atoms with Crippen LogP contribution in [0.1, 0.15) is 32.0 Å². The second-order valence-corrected chi connectivity index (χ2v) is 6.35. The Labute approximate surface area is 146 Å². The van der Waals surface area contributed by atoms with E-state index in [4.69, 9.17) is 0 Å². The summed E-state index contributed by atoms with van der Waals surface area (Å²) < 4.78 is 15.6. The minimum absolute atomic E-state index is 0.0489. The molecule has 0 unspecified atom stereocenters. The molecule has 1 aromatic carbocycles. The highest BCUT2D eigenvalue weighted by atomic mass is 19.1. The van der Waals surface area contributed by atoms with E-state index in [1.54, 1.807) is 11.0 Å². The number of rotatable bonds is 6. The molecule has 25 heavy (non-hydrogen) atoms. The van der Waals surface area contributed by atoms with E-state index < -0.39 is 6.04 Å². The second-order valence-electron chi connectivity index (χ2n) is 6.35. The van der Waals surface area contributed by atoms with Gasteiger partial charge in [0.05, 0.1) is 5.52 Å². The Balaban J connectivity index is 1.62. The van der Waals surface area contributed by atoms with Crippen molar-refractivity contribution in [1.29, 1.82) is 0 Å². The molecule has 134 valence electrons. The Morgan fingerprint density at radius 2 is 2.24 bits per heavy atom. The minimum Gasteiger partial charge on any atom is -0.354 e. The van der Waals surface area contributed by atoms with Gasteiger partial charge in [0.1, 0.15) is 17.4 Å². The van der Waals surface area contributed by atoms with Gasteiger partial charge in [0.25, 0.3) is 0 Å². The van der Waals surface area contributed by atoms with Crippen molar-refractivity contribution in [3.63, 3.8) is 0 Å². The SMILES string of the molecule is CC[C@H](C(=O)NCCc1nc2c(F)cccc2n1C)N1CCCC1=O. The van der Waals surface area contributed by atoms with Crippen molar-refractivity contribution in [1.82, 2.24) is 19.8 Å². The molecule has 1 aromatic heterocycles. The number of aryl methyl sites for hydroxylation is 1. The van der Waals surface area contributed by atoms with Crippen LogP contribution in [0.5, 0.6) is 0 Å². The molecular weight excluding hydrogens is 323 g/mol. The summed E-state index contributed by atoms with van der Waals surface area (Å²) in [5.41, 5.74) is 1.08. The molecule has 1 saturated heterocycles. The van der Waals surface area contributed by atoms with Crippen LogP contribution in [0.2, 0.25) is 0 Å². The first-order valence-electron chi connectivity index (χ1n) is 8.70. The number of aromatic nitrogens is 2. The van der Waals surface area contributed by atoms with E-state index >= 15 is 0 Å². The van der Waals surface area contributed by atoms with Crippen LogP contribution in [0.25, 0.3) is 11.0 Å². The number of hydrogen-bond donors (Lipinski definition) is 1. The molecule has 0 radical (unpaired) electrons. The predicted octanol–water partition coefficient (Wildman–Crippen LogP) is 1.77. The molecule has 7 heteroatoms. The van der Waals surface area contributed by atoms with Gasteiger partial charge in [0.15, 0.2) is 5.82 Å². The van der Waals surface area contributed by atoms with E-state index in [0.29, 0.717) is 43.7 Å². The highest BCUT2D eigenvalue weighted by Gasteiger charge is 2.31. The standard InChI is InChI=1S/C18H23FN4O2/c1-3-13(23-11-5-8-16(23)24)18(25)20-10-9-15-21-17-12(19)6-4-7-14(17)22(15)2/h4,6-7,13H,3,5,8-11H2,1-2H3,(H,20,25)/t13-/m1/s1. The summed E-state index contributed by atoms with van der Waals surface area (Å²) in [6.45, 7) is 2.95. The first-order valence-corrected chi connectivity index (χ1v) is 8.70. The Hall–Kier alpha value is -2.44. The molecule has 0 saturated carbocycles. The van der Waals surface area contributed by atoms with Gasteiger partial charge in [-0.15, -0.1) is 0 Å². The topological polar surface area (TPSA) is 67.2 Å². The van der Waals surface area contributed by atoms with E-state index in [9.17, 15) is 14.0 Å². The normalized spacial score (nSPS) is 15.8. The van der Waals surface area contributed by atoms with Gasteiger partial charge < -0.3 is 14.8 Å². The molecule has 2 heterocycles. The van der Waals surface area contributed by atoms with Gasteiger partial charge in [-0.2, -0.15) is 0 Å².